The van der Waals surface area contributed by atoms with Crippen LogP contribution >= 0.6 is 0 Å². The van der Waals surface area contributed by atoms with Crippen molar-refractivity contribution in [1.82, 2.24) is 24.4 Å². The van der Waals surface area contributed by atoms with Gasteiger partial charge in [0.2, 0.25) is 5.95 Å². The van der Waals surface area contributed by atoms with Crippen molar-refractivity contribution in [3.8, 4) is 0 Å². The highest BCUT2D eigenvalue weighted by atomic mass is 16.7. The molecule has 0 bridgehead atoms. The number of nitrogens with zero attached hydrogens (tertiary/aromatic N) is 5. The number of nitrogens with one attached hydrogen (secondary N) is 1. The SMILES string of the molecule is CN(C)/C=N/c1nc2c(ncn2[C@@H]2CO[C@@H]3CO[C@@H](c4ccccc4)O[C@H]3[C@H]2OC(=O)c2ccccc2)c(=O)[nH]1. The van der Waals surface area contributed by atoms with Gasteiger partial charge in [0.1, 0.15) is 12.2 Å². The number of esters is 1. The fourth-order valence-corrected chi connectivity index (χ4v) is 4.84. The number of aromatic nitrogens is 4. The predicted octanol–water partition coefficient (Wildman–Crippen LogP) is 2.62. The number of carbonyl (C=O) groups excluding carboxylic acids is 1. The average Bonchev–Trinajstić information content (AvgIpc) is 3.41. The van der Waals surface area contributed by atoms with Gasteiger partial charge in [0.15, 0.2) is 23.6 Å². The highest BCUT2D eigenvalue weighted by Gasteiger charge is 2.49. The summed E-state index contributed by atoms with van der Waals surface area (Å²) in [7, 11) is 3.62. The molecule has 5 atom stereocenters. The second-order valence-corrected chi connectivity index (χ2v) is 9.77. The van der Waals surface area contributed by atoms with Gasteiger partial charge in [0.25, 0.3) is 5.56 Å². The molecule has 1 N–H and O–H groups in total. The minimum absolute atomic E-state index is 0.117. The van der Waals surface area contributed by atoms with Gasteiger partial charge in [-0.15, -0.1) is 0 Å². The number of aromatic amines is 1. The number of ether oxygens (including phenoxy) is 4. The molecule has 2 saturated heterocycles. The Labute approximate surface area is 229 Å². The van der Waals surface area contributed by atoms with Crippen LogP contribution in [-0.2, 0) is 18.9 Å². The highest BCUT2D eigenvalue weighted by molar-refractivity contribution is 5.89. The largest absolute Gasteiger partial charge is 0.454 e. The van der Waals surface area contributed by atoms with E-state index in [1.165, 1.54) is 12.7 Å². The van der Waals surface area contributed by atoms with E-state index < -0.39 is 42.2 Å². The maximum Gasteiger partial charge on any atom is 0.338 e. The Kier molecular flexibility index (Phi) is 7.11. The van der Waals surface area contributed by atoms with Crippen LogP contribution in [0.4, 0.5) is 5.95 Å². The molecule has 206 valence electrons. The first kappa shape index (κ1) is 25.9. The van der Waals surface area contributed by atoms with E-state index in [1.807, 2.05) is 50.5 Å². The molecule has 2 aliphatic rings. The van der Waals surface area contributed by atoms with E-state index in [9.17, 15) is 9.59 Å². The smallest absolute Gasteiger partial charge is 0.338 e. The number of hydrogen-bond acceptors (Lipinski definition) is 9. The molecule has 40 heavy (non-hydrogen) atoms. The first-order chi connectivity index (χ1) is 19.5. The number of benzene rings is 2. The Morgan fingerprint density at radius 3 is 2.60 bits per heavy atom. The maximum absolute atomic E-state index is 13.3. The molecule has 0 saturated carbocycles. The van der Waals surface area contributed by atoms with Crippen molar-refractivity contribution in [2.24, 2.45) is 4.99 Å². The summed E-state index contributed by atoms with van der Waals surface area (Å²) < 4.78 is 26.4. The first-order valence-corrected chi connectivity index (χ1v) is 12.8. The van der Waals surface area contributed by atoms with Crippen molar-refractivity contribution in [2.45, 2.75) is 30.6 Å². The van der Waals surface area contributed by atoms with Crippen molar-refractivity contribution >= 4 is 29.4 Å². The van der Waals surface area contributed by atoms with Gasteiger partial charge in [-0.3, -0.25) is 9.78 Å². The molecule has 4 heterocycles. The van der Waals surface area contributed by atoms with E-state index >= 15 is 0 Å². The van der Waals surface area contributed by atoms with Crippen LogP contribution in [0.5, 0.6) is 0 Å². The lowest BCUT2D eigenvalue weighted by molar-refractivity contribution is -0.305. The topological polar surface area (TPSA) is 133 Å². The second kappa shape index (κ2) is 11.0. The van der Waals surface area contributed by atoms with E-state index in [4.69, 9.17) is 18.9 Å². The number of carbonyl (C=O) groups is 1. The molecule has 6 rings (SSSR count). The van der Waals surface area contributed by atoms with Gasteiger partial charge >= 0.3 is 5.97 Å². The van der Waals surface area contributed by atoms with Gasteiger partial charge < -0.3 is 28.4 Å². The quantitative estimate of drug-likeness (QED) is 0.221. The number of imidazole rings is 1. The molecule has 2 aliphatic heterocycles. The Morgan fingerprint density at radius 2 is 1.85 bits per heavy atom. The van der Waals surface area contributed by atoms with Crippen LogP contribution in [0, 0.1) is 0 Å². The van der Waals surface area contributed by atoms with Crippen molar-refractivity contribution in [1.29, 1.82) is 0 Å². The molecule has 2 fully saturated rings. The molecular weight excluding hydrogens is 516 g/mol. The third kappa shape index (κ3) is 5.11. The highest BCUT2D eigenvalue weighted by Crippen LogP contribution is 2.38. The summed E-state index contributed by atoms with van der Waals surface area (Å²) >= 11 is 0. The maximum atomic E-state index is 13.3. The molecule has 4 aromatic rings. The van der Waals surface area contributed by atoms with Crippen molar-refractivity contribution in [2.75, 3.05) is 27.3 Å². The lowest BCUT2D eigenvalue weighted by Gasteiger charge is -2.46. The van der Waals surface area contributed by atoms with Crippen molar-refractivity contribution < 1.29 is 23.7 Å². The van der Waals surface area contributed by atoms with E-state index in [0.29, 0.717) is 5.56 Å². The number of H-pyrrole nitrogens is 1. The van der Waals surface area contributed by atoms with Crippen LogP contribution in [0.1, 0.15) is 28.3 Å². The van der Waals surface area contributed by atoms with Crippen LogP contribution in [0.25, 0.3) is 11.2 Å². The molecular formula is C28H28N6O6. The summed E-state index contributed by atoms with van der Waals surface area (Å²) in [5, 5.41) is 0. The summed E-state index contributed by atoms with van der Waals surface area (Å²) in [5.74, 6) is -0.388. The Balaban J connectivity index is 1.39. The Bertz CT molecular complexity index is 1570. The average molecular weight is 545 g/mol. The third-order valence-corrected chi connectivity index (χ3v) is 6.76. The van der Waals surface area contributed by atoms with Crippen LogP contribution < -0.4 is 5.56 Å². The zero-order chi connectivity index (χ0) is 27.6. The third-order valence-electron chi connectivity index (χ3n) is 6.76. The van der Waals surface area contributed by atoms with Gasteiger partial charge in [0, 0.05) is 19.7 Å². The van der Waals surface area contributed by atoms with Gasteiger partial charge in [-0.2, -0.15) is 4.98 Å². The van der Waals surface area contributed by atoms with E-state index in [2.05, 4.69) is 19.9 Å². The fourth-order valence-electron chi connectivity index (χ4n) is 4.84. The molecule has 0 spiro atoms. The summed E-state index contributed by atoms with van der Waals surface area (Å²) in [4.78, 5) is 43.5. The lowest BCUT2D eigenvalue weighted by Crippen LogP contribution is -2.57. The molecule has 2 aromatic carbocycles. The Hall–Kier alpha value is -4.39. The van der Waals surface area contributed by atoms with E-state index in [-0.39, 0.29) is 30.3 Å². The van der Waals surface area contributed by atoms with E-state index in [0.717, 1.165) is 5.56 Å². The standard InChI is InChI=1S/C28H28N6O6/c1-33(2)15-30-28-31-24-21(25(35)32-28)29-16-34(24)19-13-37-20-14-38-27(18-11-7-4-8-12-18)40-23(20)22(19)39-26(36)17-9-5-3-6-10-17/h3-12,15-16,19-20,22-23,27H,13-14H2,1-2H3,(H,31,32,35)/b30-15+/t19-,20-,22+,23-,27-/m1/s1. The minimum atomic E-state index is -0.811. The van der Waals surface area contributed by atoms with Crippen LogP contribution in [0.2, 0.25) is 0 Å². The molecule has 0 amide bonds. The van der Waals surface area contributed by atoms with Gasteiger partial charge in [0.05, 0.1) is 37.5 Å². The predicted molar refractivity (Wildman–Crippen MR) is 144 cm³/mol. The fraction of sp³-hybridized carbons (Fsp3) is 0.321. The Morgan fingerprint density at radius 1 is 1.10 bits per heavy atom. The van der Waals surface area contributed by atoms with Crippen LogP contribution in [0.3, 0.4) is 0 Å². The molecule has 0 aliphatic carbocycles. The zero-order valence-electron chi connectivity index (χ0n) is 21.9. The normalized spacial score (nSPS) is 24.6. The number of rotatable bonds is 6. The monoisotopic (exact) mass is 544 g/mol. The number of fused-ring (bicyclic) bond motifs is 2. The number of hydrogen-bond donors (Lipinski definition) is 1. The first-order valence-electron chi connectivity index (χ1n) is 12.8. The zero-order valence-corrected chi connectivity index (χ0v) is 21.9. The van der Waals surface area contributed by atoms with Crippen molar-refractivity contribution in [3.05, 3.63) is 88.5 Å². The molecule has 12 heteroatoms. The summed E-state index contributed by atoms with van der Waals surface area (Å²) in [6, 6.07) is 17.7. The number of aliphatic imine (C=N–C) groups is 1. The van der Waals surface area contributed by atoms with Crippen LogP contribution in [0.15, 0.2) is 76.8 Å². The second-order valence-electron chi connectivity index (χ2n) is 9.77. The van der Waals surface area contributed by atoms with Gasteiger partial charge in [-0.1, -0.05) is 48.5 Å². The van der Waals surface area contributed by atoms with Crippen molar-refractivity contribution in [3.63, 3.8) is 0 Å². The minimum Gasteiger partial charge on any atom is -0.454 e. The molecule has 2 aromatic heterocycles. The van der Waals surface area contributed by atoms with Gasteiger partial charge in [-0.05, 0) is 12.1 Å². The molecule has 0 unspecified atom stereocenters. The summed E-state index contributed by atoms with van der Waals surface area (Å²) in [6.07, 6.45) is 0.400. The lowest BCUT2D eigenvalue weighted by atomic mass is 9.96. The molecule has 12 nitrogen and oxygen atoms in total. The summed E-state index contributed by atoms with van der Waals surface area (Å²) in [6.45, 7) is 0.398. The van der Waals surface area contributed by atoms with Crippen LogP contribution in [-0.4, -0.2) is 82.3 Å². The molecule has 0 radical (unpaired) electrons. The summed E-state index contributed by atoms with van der Waals surface area (Å²) in [5.41, 5.74) is 1.22. The van der Waals surface area contributed by atoms with Gasteiger partial charge in [-0.25, -0.2) is 14.8 Å². The van der Waals surface area contributed by atoms with E-state index in [1.54, 1.807) is 33.7 Å².